The van der Waals surface area contributed by atoms with Crippen LogP contribution in [-0.2, 0) is 17.6 Å². The number of aromatic nitrogens is 2. The normalized spacial score (nSPS) is 13.2. The summed E-state index contributed by atoms with van der Waals surface area (Å²) in [6.45, 7) is 10.2. The zero-order chi connectivity index (χ0) is 13.5. The molecule has 4 nitrogen and oxygen atoms in total. The SMILES string of the molecule is CCc1cc(CC)n(C(CNC(C)C)COC)n1. The number of methoxy groups -OCH3 is 1. The second-order valence-corrected chi connectivity index (χ2v) is 4.95. The minimum atomic E-state index is 0.271. The molecular weight excluding hydrogens is 226 g/mol. The van der Waals surface area contributed by atoms with E-state index < -0.39 is 0 Å². The smallest absolute Gasteiger partial charge is 0.0879 e. The maximum Gasteiger partial charge on any atom is 0.0879 e. The van der Waals surface area contributed by atoms with E-state index in [1.165, 1.54) is 5.69 Å². The lowest BCUT2D eigenvalue weighted by molar-refractivity contribution is 0.145. The van der Waals surface area contributed by atoms with E-state index >= 15 is 0 Å². The highest BCUT2D eigenvalue weighted by molar-refractivity contribution is 5.11. The van der Waals surface area contributed by atoms with Crippen LogP contribution in [0.4, 0.5) is 0 Å². The Morgan fingerprint density at radius 2 is 2.06 bits per heavy atom. The van der Waals surface area contributed by atoms with Crippen LogP contribution < -0.4 is 5.32 Å². The van der Waals surface area contributed by atoms with Crippen LogP contribution in [-0.4, -0.2) is 36.1 Å². The molecule has 1 aromatic heterocycles. The van der Waals surface area contributed by atoms with Gasteiger partial charge in [-0.3, -0.25) is 4.68 Å². The van der Waals surface area contributed by atoms with Gasteiger partial charge in [0.05, 0.1) is 18.3 Å². The quantitative estimate of drug-likeness (QED) is 0.772. The van der Waals surface area contributed by atoms with Crippen LogP contribution >= 0.6 is 0 Å². The maximum atomic E-state index is 5.33. The van der Waals surface area contributed by atoms with Gasteiger partial charge in [-0.15, -0.1) is 0 Å². The van der Waals surface area contributed by atoms with Gasteiger partial charge < -0.3 is 10.1 Å². The van der Waals surface area contributed by atoms with Gasteiger partial charge in [0.25, 0.3) is 0 Å². The van der Waals surface area contributed by atoms with Crippen molar-refractivity contribution in [3.63, 3.8) is 0 Å². The van der Waals surface area contributed by atoms with Crippen molar-refractivity contribution < 1.29 is 4.74 Å². The van der Waals surface area contributed by atoms with Crippen molar-refractivity contribution in [3.8, 4) is 0 Å². The molecule has 18 heavy (non-hydrogen) atoms. The predicted octanol–water partition coefficient (Wildman–Crippen LogP) is 2.19. The minimum absolute atomic E-state index is 0.271. The van der Waals surface area contributed by atoms with E-state index in [1.54, 1.807) is 7.11 Å². The summed E-state index contributed by atoms with van der Waals surface area (Å²) in [5.41, 5.74) is 2.46. The molecule has 0 amide bonds. The Balaban J connectivity index is 2.85. The molecule has 0 aliphatic carbocycles. The number of aryl methyl sites for hydroxylation is 2. The van der Waals surface area contributed by atoms with Gasteiger partial charge in [0.15, 0.2) is 0 Å². The third kappa shape index (κ3) is 4.10. The molecule has 1 aromatic rings. The Labute approximate surface area is 111 Å². The summed E-state index contributed by atoms with van der Waals surface area (Å²) in [5, 5.41) is 8.16. The summed E-state index contributed by atoms with van der Waals surface area (Å²) in [6, 6.07) is 2.96. The summed E-state index contributed by atoms with van der Waals surface area (Å²) in [5.74, 6) is 0. The molecule has 4 heteroatoms. The average molecular weight is 253 g/mol. The summed E-state index contributed by atoms with van der Waals surface area (Å²) >= 11 is 0. The summed E-state index contributed by atoms with van der Waals surface area (Å²) in [7, 11) is 1.75. The van der Waals surface area contributed by atoms with E-state index in [0.717, 1.165) is 25.1 Å². The fourth-order valence-electron chi connectivity index (χ4n) is 2.02. The van der Waals surface area contributed by atoms with Crippen LogP contribution in [0.25, 0.3) is 0 Å². The first kappa shape index (κ1) is 15.2. The zero-order valence-electron chi connectivity index (χ0n) is 12.4. The summed E-state index contributed by atoms with van der Waals surface area (Å²) < 4.78 is 7.47. The van der Waals surface area contributed by atoms with Crippen LogP contribution in [0.3, 0.4) is 0 Å². The summed E-state index contributed by atoms with van der Waals surface area (Å²) in [6.07, 6.45) is 1.99. The summed E-state index contributed by atoms with van der Waals surface area (Å²) in [4.78, 5) is 0. The van der Waals surface area contributed by atoms with Gasteiger partial charge >= 0.3 is 0 Å². The van der Waals surface area contributed by atoms with E-state index in [0.29, 0.717) is 12.6 Å². The molecule has 1 unspecified atom stereocenters. The number of hydrogen-bond donors (Lipinski definition) is 1. The zero-order valence-corrected chi connectivity index (χ0v) is 12.4. The standard InChI is InChI=1S/C14H27N3O/c1-6-12-8-13(7-2)17(16-12)14(10-18-5)9-15-11(3)4/h8,11,14-15H,6-7,9-10H2,1-5H3. The van der Waals surface area contributed by atoms with Crippen molar-refractivity contribution in [3.05, 3.63) is 17.5 Å². The average Bonchev–Trinajstić information content (AvgIpc) is 2.77. The molecule has 0 aliphatic rings. The fraction of sp³-hybridized carbons (Fsp3) is 0.786. The Bertz CT molecular complexity index is 347. The van der Waals surface area contributed by atoms with Crippen molar-refractivity contribution in [2.45, 2.75) is 52.6 Å². The molecule has 0 fully saturated rings. The third-order valence-electron chi connectivity index (χ3n) is 3.05. The number of nitrogens with one attached hydrogen (secondary N) is 1. The van der Waals surface area contributed by atoms with E-state index in [9.17, 15) is 0 Å². The van der Waals surface area contributed by atoms with Crippen LogP contribution in [0.2, 0.25) is 0 Å². The Morgan fingerprint density at radius 1 is 1.33 bits per heavy atom. The highest BCUT2D eigenvalue weighted by Gasteiger charge is 2.16. The lowest BCUT2D eigenvalue weighted by atomic mass is 10.2. The van der Waals surface area contributed by atoms with Crippen molar-refractivity contribution in [2.75, 3.05) is 20.3 Å². The Hall–Kier alpha value is -0.870. The molecule has 1 atom stereocenters. The second-order valence-electron chi connectivity index (χ2n) is 4.95. The van der Waals surface area contributed by atoms with Crippen molar-refractivity contribution >= 4 is 0 Å². The number of rotatable bonds is 8. The monoisotopic (exact) mass is 253 g/mol. The molecule has 1 N–H and O–H groups in total. The van der Waals surface area contributed by atoms with Gasteiger partial charge in [-0.2, -0.15) is 5.10 Å². The predicted molar refractivity (Wildman–Crippen MR) is 75.0 cm³/mol. The highest BCUT2D eigenvalue weighted by Crippen LogP contribution is 2.13. The van der Waals surface area contributed by atoms with Gasteiger partial charge in [-0.1, -0.05) is 27.7 Å². The third-order valence-corrected chi connectivity index (χ3v) is 3.05. The molecule has 0 aromatic carbocycles. The molecule has 1 heterocycles. The number of hydrogen-bond acceptors (Lipinski definition) is 3. The number of nitrogens with zero attached hydrogens (tertiary/aromatic N) is 2. The van der Waals surface area contributed by atoms with Crippen molar-refractivity contribution in [1.82, 2.24) is 15.1 Å². The van der Waals surface area contributed by atoms with Crippen LogP contribution in [0.1, 0.15) is 45.1 Å². The Kier molecular flexibility index (Phi) is 6.36. The fourth-order valence-corrected chi connectivity index (χ4v) is 2.02. The molecule has 0 spiro atoms. The molecule has 1 rings (SSSR count). The van der Waals surface area contributed by atoms with Gasteiger partial charge in [-0.25, -0.2) is 0 Å². The van der Waals surface area contributed by atoms with E-state index in [2.05, 4.69) is 43.8 Å². The topological polar surface area (TPSA) is 39.1 Å². The van der Waals surface area contributed by atoms with Crippen LogP contribution in [0.15, 0.2) is 6.07 Å². The molecule has 0 saturated heterocycles. The Morgan fingerprint density at radius 3 is 2.56 bits per heavy atom. The van der Waals surface area contributed by atoms with E-state index in [4.69, 9.17) is 9.84 Å². The molecular formula is C14H27N3O. The van der Waals surface area contributed by atoms with Crippen LogP contribution in [0, 0.1) is 0 Å². The maximum absolute atomic E-state index is 5.33. The van der Waals surface area contributed by atoms with E-state index in [1.807, 2.05) is 0 Å². The van der Waals surface area contributed by atoms with E-state index in [-0.39, 0.29) is 6.04 Å². The first-order chi connectivity index (χ1) is 8.62. The molecule has 0 bridgehead atoms. The largest absolute Gasteiger partial charge is 0.382 e. The molecule has 0 radical (unpaired) electrons. The first-order valence-electron chi connectivity index (χ1n) is 6.91. The van der Waals surface area contributed by atoms with Gasteiger partial charge in [-0.05, 0) is 18.9 Å². The first-order valence-corrected chi connectivity index (χ1v) is 6.91. The molecule has 0 saturated carbocycles. The molecule has 104 valence electrons. The lowest BCUT2D eigenvalue weighted by Gasteiger charge is -2.21. The van der Waals surface area contributed by atoms with Gasteiger partial charge in [0, 0.05) is 25.4 Å². The second kappa shape index (κ2) is 7.54. The van der Waals surface area contributed by atoms with Crippen LogP contribution in [0.5, 0.6) is 0 Å². The van der Waals surface area contributed by atoms with Gasteiger partial charge in [0.2, 0.25) is 0 Å². The number of ether oxygens (including phenoxy) is 1. The lowest BCUT2D eigenvalue weighted by Crippen LogP contribution is -2.33. The molecule has 0 aliphatic heterocycles. The van der Waals surface area contributed by atoms with Gasteiger partial charge in [0.1, 0.15) is 0 Å². The van der Waals surface area contributed by atoms with Crippen molar-refractivity contribution in [2.24, 2.45) is 0 Å². The highest BCUT2D eigenvalue weighted by atomic mass is 16.5. The minimum Gasteiger partial charge on any atom is -0.382 e. The van der Waals surface area contributed by atoms with Crippen molar-refractivity contribution in [1.29, 1.82) is 0 Å².